The minimum atomic E-state index is -3.32. The monoisotopic (exact) mass is 339 g/mol. The number of piperidine rings is 1. The van der Waals surface area contributed by atoms with Crippen molar-refractivity contribution in [1.29, 1.82) is 0 Å². The van der Waals surface area contributed by atoms with Crippen LogP contribution in [0.1, 0.15) is 28.8 Å². The lowest BCUT2D eigenvalue weighted by Gasteiger charge is -2.32. The first kappa shape index (κ1) is 17.9. The smallest absolute Gasteiger partial charge is 0.281 e. The Morgan fingerprint density at radius 3 is 2.52 bits per heavy atom. The lowest BCUT2D eigenvalue weighted by atomic mass is 9.98. The lowest BCUT2D eigenvalue weighted by Crippen LogP contribution is -2.45. The Hall–Kier alpha value is -1.44. The fourth-order valence-electron chi connectivity index (χ4n) is 2.70. The molecular formula is C16H25N3O3S. The summed E-state index contributed by atoms with van der Waals surface area (Å²) < 4.78 is 26.9. The van der Waals surface area contributed by atoms with E-state index in [0.29, 0.717) is 31.1 Å². The van der Waals surface area contributed by atoms with Gasteiger partial charge in [-0.1, -0.05) is 17.7 Å². The number of nitrogens with one attached hydrogen (secondary N) is 1. The molecule has 2 rings (SSSR count). The summed E-state index contributed by atoms with van der Waals surface area (Å²) in [5.41, 5.74) is 1.72. The topological polar surface area (TPSA) is 69.7 Å². The molecule has 1 fully saturated rings. The zero-order valence-electron chi connectivity index (χ0n) is 13.9. The van der Waals surface area contributed by atoms with Gasteiger partial charge in [0.15, 0.2) is 0 Å². The van der Waals surface area contributed by atoms with Crippen molar-refractivity contribution in [2.45, 2.75) is 19.8 Å². The van der Waals surface area contributed by atoms with Gasteiger partial charge >= 0.3 is 0 Å². The van der Waals surface area contributed by atoms with Crippen LogP contribution in [-0.2, 0) is 10.2 Å². The van der Waals surface area contributed by atoms with Crippen LogP contribution >= 0.6 is 0 Å². The largest absolute Gasteiger partial charge is 0.352 e. The quantitative estimate of drug-likeness (QED) is 0.877. The summed E-state index contributed by atoms with van der Waals surface area (Å²) in [6, 6.07) is 7.49. The van der Waals surface area contributed by atoms with Gasteiger partial charge in [0, 0.05) is 39.3 Å². The van der Waals surface area contributed by atoms with Crippen LogP contribution in [0.15, 0.2) is 24.3 Å². The minimum Gasteiger partial charge on any atom is -0.352 e. The second kappa shape index (κ2) is 7.42. The normalized spacial score (nSPS) is 17.4. The molecule has 0 atom stereocenters. The highest BCUT2D eigenvalue weighted by Gasteiger charge is 2.29. The van der Waals surface area contributed by atoms with Crippen molar-refractivity contribution in [3.05, 3.63) is 35.4 Å². The van der Waals surface area contributed by atoms with E-state index in [1.54, 1.807) is 20.2 Å². The van der Waals surface area contributed by atoms with Crippen LogP contribution in [0.2, 0.25) is 0 Å². The summed E-state index contributed by atoms with van der Waals surface area (Å²) in [4.78, 5) is 12.1. The van der Waals surface area contributed by atoms with Gasteiger partial charge in [-0.2, -0.15) is 17.0 Å². The van der Waals surface area contributed by atoms with Gasteiger partial charge in [-0.15, -0.1) is 0 Å². The van der Waals surface area contributed by atoms with Crippen molar-refractivity contribution in [1.82, 2.24) is 13.9 Å². The summed E-state index contributed by atoms with van der Waals surface area (Å²) in [6.07, 6.45) is 1.53. The van der Waals surface area contributed by atoms with Crippen LogP contribution in [0.4, 0.5) is 0 Å². The van der Waals surface area contributed by atoms with E-state index in [1.807, 2.05) is 25.1 Å². The molecule has 0 bridgehead atoms. The van der Waals surface area contributed by atoms with E-state index in [-0.39, 0.29) is 5.91 Å². The lowest BCUT2D eigenvalue weighted by molar-refractivity contribution is 0.0941. The molecule has 0 aromatic heterocycles. The van der Waals surface area contributed by atoms with Gasteiger partial charge in [-0.3, -0.25) is 4.79 Å². The molecule has 1 N–H and O–H groups in total. The highest BCUT2D eigenvalue weighted by Crippen LogP contribution is 2.20. The first-order chi connectivity index (χ1) is 10.8. The average molecular weight is 339 g/mol. The predicted octanol–water partition coefficient (Wildman–Crippen LogP) is 1.24. The Morgan fingerprint density at radius 2 is 1.96 bits per heavy atom. The van der Waals surface area contributed by atoms with Crippen LogP contribution in [0, 0.1) is 12.8 Å². The summed E-state index contributed by atoms with van der Waals surface area (Å²) in [5, 5.41) is 2.95. The van der Waals surface area contributed by atoms with E-state index in [0.717, 1.165) is 18.4 Å². The molecule has 0 unspecified atom stereocenters. The maximum Gasteiger partial charge on any atom is 0.281 e. The number of benzene rings is 1. The standard InChI is InChI=1S/C16H25N3O3S/c1-13-5-4-6-15(11-13)16(20)17-12-14-7-9-19(10-8-14)23(21,22)18(2)3/h4-6,11,14H,7-10,12H2,1-3H3,(H,17,20). The molecule has 1 aromatic rings. The maximum absolute atomic E-state index is 12.1. The summed E-state index contributed by atoms with van der Waals surface area (Å²) >= 11 is 0. The Labute approximate surface area is 138 Å². The second-order valence-electron chi connectivity index (χ2n) is 6.21. The third-order valence-electron chi connectivity index (χ3n) is 4.19. The van der Waals surface area contributed by atoms with Crippen molar-refractivity contribution in [3.8, 4) is 0 Å². The number of carbonyl (C=O) groups is 1. The molecule has 128 valence electrons. The Kier molecular flexibility index (Phi) is 5.78. The van der Waals surface area contributed by atoms with Crippen LogP contribution < -0.4 is 5.32 Å². The first-order valence-corrected chi connectivity index (χ1v) is 9.23. The molecule has 23 heavy (non-hydrogen) atoms. The van der Waals surface area contributed by atoms with E-state index < -0.39 is 10.2 Å². The zero-order valence-corrected chi connectivity index (χ0v) is 14.8. The molecule has 6 nitrogen and oxygen atoms in total. The van der Waals surface area contributed by atoms with Crippen LogP contribution in [0.3, 0.4) is 0 Å². The van der Waals surface area contributed by atoms with E-state index >= 15 is 0 Å². The molecular weight excluding hydrogens is 314 g/mol. The van der Waals surface area contributed by atoms with Crippen molar-refractivity contribution in [3.63, 3.8) is 0 Å². The highest BCUT2D eigenvalue weighted by molar-refractivity contribution is 7.86. The molecule has 0 saturated carbocycles. The zero-order chi connectivity index (χ0) is 17.0. The van der Waals surface area contributed by atoms with Gasteiger partial charge < -0.3 is 5.32 Å². The van der Waals surface area contributed by atoms with Gasteiger partial charge in [-0.05, 0) is 37.8 Å². The van der Waals surface area contributed by atoms with Crippen LogP contribution in [0.25, 0.3) is 0 Å². The highest BCUT2D eigenvalue weighted by atomic mass is 32.2. The van der Waals surface area contributed by atoms with Gasteiger partial charge in [0.05, 0.1) is 0 Å². The van der Waals surface area contributed by atoms with Crippen LogP contribution in [-0.4, -0.2) is 56.7 Å². The number of amides is 1. The SMILES string of the molecule is Cc1cccc(C(=O)NCC2CCN(S(=O)(=O)N(C)C)CC2)c1. The number of aryl methyl sites for hydroxylation is 1. The third kappa shape index (κ3) is 4.53. The predicted molar refractivity (Wildman–Crippen MR) is 90.4 cm³/mol. The Bertz CT molecular complexity index is 650. The fourth-order valence-corrected chi connectivity index (χ4v) is 3.83. The van der Waals surface area contributed by atoms with E-state index in [4.69, 9.17) is 0 Å². The number of nitrogens with zero attached hydrogens (tertiary/aromatic N) is 2. The molecule has 0 radical (unpaired) electrons. The van der Waals surface area contributed by atoms with Crippen molar-refractivity contribution in [2.75, 3.05) is 33.7 Å². The van der Waals surface area contributed by atoms with Gasteiger partial charge in [0.1, 0.15) is 0 Å². The third-order valence-corrected chi connectivity index (χ3v) is 6.13. The number of rotatable bonds is 5. The van der Waals surface area contributed by atoms with Gasteiger partial charge in [-0.25, -0.2) is 0 Å². The van der Waals surface area contributed by atoms with Gasteiger partial charge in [0.2, 0.25) is 0 Å². The number of carbonyl (C=O) groups excluding carboxylic acids is 1. The molecule has 1 heterocycles. The minimum absolute atomic E-state index is 0.0722. The van der Waals surface area contributed by atoms with E-state index in [9.17, 15) is 13.2 Å². The second-order valence-corrected chi connectivity index (χ2v) is 8.35. The number of hydrogen-bond donors (Lipinski definition) is 1. The average Bonchev–Trinajstić information content (AvgIpc) is 2.52. The van der Waals surface area contributed by atoms with Crippen molar-refractivity contribution in [2.24, 2.45) is 5.92 Å². The van der Waals surface area contributed by atoms with E-state index in [1.165, 1.54) is 8.61 Å². The van der Waals surface area contributed by atoms with E-state index in [2.05, 4.69) is 5.32 Å². The molecule has 0 spiro atoms. The molecule has 1 aliphatic rings. The van der Waals surface area contributed by atoms with Gasteiger partial charge in [0.25, 0.3) is 16.1 Å². The molecule has 7 heteroatoms. The molecule has 1 amide bonds. The number of hydrogen-bond acceptors (Lipinski definition) is 3. The molecule has 1 saturated heterocycles. The van der Waals surface area contributed by atoms with Crippen molar-refractivity contribution >= 4 is 16.1 Å². The summed E-state index contributed by atoms with van der Waals surface area (Å²) in [7, 11) is -0.233. The Balaban J connectivity index is 1.82. The summed E-state index contributed by atoms with van der Waals surface area (Å²) in [5.74, 6) is 0.245. The summed E-state index contributed by atoms with van der Waals surface area (Å²) in [6.45, 7) is 3.55. The maximum atomic E-state index is 12.1. The van der Waals surface area contributed by atoms with Crippen LogP contribution in [0.5, 0.6) is 0 Å². The fraction of sp³-hybridized carbons (Fsp3) is 0.562. The Morgan fingerprint density at radius 1 is 1.30 bits per heavy atom. The molecule has 0 aliphatic carbocycles. The molecule has 1 aliphatic heterocycles. The molecule has 1 aromatic carbocycles. The van der Waals surface area contributed by atoms with Crippen molar-refractivity contribution < 1.29 is 13.2 Å². The first-order valence-electron chi connectivity index (χ1n) is 7.83.